The van der Waals surface area contributed by atoms with Gasteiger partial charge in [0.2, 0.25) is 0 Å². The van der Waals surface area contributed by atoms with Gasteiger partial charge in [0.1, 0.15) is 6.10 Å². The highest BCUT2D eigenvalue weighted by Gasteiger charge is 2.14. The van der Waals surface area contributed by atoms with Gasteiger partial charge in [-0.25, -0.2) is 4.79 Å². The minimum absolute atomic E-state index is 0.0270. The van der Waals surface area contributed by atoms with Crippen LogP contribution in [0.1, 0.15) is 207 Å². The van der Waals surface area contributed by atoms with Crippen molar-refractivity contribution in [1.29, 1.82) is 0 Å². The zero-order chi connectivity index (χ0) is 36.8. The summed E-state index contributed by atoms with van der Waals surface area (Å²) in [4.78, 5) is 27.2. The quantitative estimate of drug-likeness (QED) is 0.0279. The van der Waals surface area contributed by atoms with E-state index in [9.17, 15) is 9.59 Å². The molecule has 0 N–H and O–H groups in total. The number of hydrogen-bond acceptors (Lipinski definition) is 5. The van der Waals surface area contributed by atoms with Crippen LogP contribution in [0.2, 0.25) is 0 Å². The minimum atomic E-state index is -0.167. The van der Waals surface area contributed by atoms with E-state index in [1.165, 1.54) is 102 Å². The van der Waals surface area contributed by atoms with Crippen LogP contribution in [0.5, 0.6) is 0 Å². The van der Waals surface area contributed by atoms with E-state index in [4.69, 9.17) is 9.47 Å². The van der Waals surface area contributed by atoms with Gasteiger partial charge in [0.15, 0.2) is 0 Å². The van der Waals surface area contributed by atoms with E-state index in [1.807, 2.05) is 14.1 Å². The molecule has 0 aliphatic carbocycles. The van der Waals surface area contributed by atoms with Crippen molar-refractivity contribution in [1.82, 2.24) is 4.90 Å². The van der Waals surface area contributed by atoms with Crippen LogP contribution < -0.4 is 0 Å². The summed E-state index contributed by atoms with van der Waals surface area (Å²) in [6.45, 7) is 8.10. The molecule has 292 valence electrons. The highest BCUT2D eigenvalue weighted by Crippen LogP contribution is 2.19. The van der Waals surface area contributed by atoms with Gasteiger partial charge in [-0.15, -0.1) is 0 Å². The van der Waals surface area contributed by atoms with Crippen molar-refractivity contribution in [2.24, 2.45) is 0 Å². The van der Waals surface area contributed by atoms with Crippen LogP contribution in [-0.2, 0) is 19.1 Å². The number of esters is 2. The molecule has 0 fully saturated rings. The van der Waals surface area contributed by atoms with E-state index in [1.54, 1.807) is 6.08 Å². The average molecular weight is 702 g/mol. The summed E-state index contributed by atoms with van der Waals surface area (Å²) in [7, 11) is 4.08. The second kappa shape index (κ2) is 38.4. The first kappa shape index (κ1) is 48.1. The summed E-state index contributed by atoms with van der Waals surface area (Å²) in [5, 5.41) is 0. The van der Waals surface area contributed by atoms with E-state index in [2.05, 4.69) is 50.0 Å². The van der Waals surface area contributed by atoms with Gasteiger partial charge in [-0.3, -0.25) is 4.79 Å². The largest absolute Gasteiger partial charge is 0.463 e. The highest BCUT2D eigenvalue weighted by atomic mass is 16.5. The molecule has 1 unspecified atom stereocenters. The number of allylic oxidation sites excluding steroid dienone is 5. The Morgan fingerprint density at radius 3 is 1.72 bits per heavy atom. The monoisotopic (exact) mass is 702 g/mol. The van der Waals surface area contributed by atoms with E-state index in [-0.39, 0.29) is 18.0 Å². The molecule has 50 heavy (non-hydrogen) atoms. The maximum atomic E-state index is 12.6. The second-order valence-electron chi connectivity index (χ2n) is 14.8. The van der Waals surface area contributed by atoms with Crippen molar-refractivity contribution in [2.45, 2.75) is 213 Å². The number of unbranched alkanes of at least 4 members (excludes halogenated alkanes) is 17. The lowest BCUT2D eigenvalue weighted by Gasteiger charge is -2.18. The molecule has 0 aromatic carbocycles. The maximum Gasteiger partial charge on any atom is 0.330 e. The zero-order valence-corrected chi connectivity index (χ0v) is 34.0. The van der Waals surface area contributed by atoms with Crippen molar-refractivity contribution in [2.75, 3.05) is 27.2 Å². The Hall–Kier alpha value is -1.88. The molecular formula is C45H83NO4. The Morgan fingerprint density at radius 2 is 1.08 bits per heavy atom. The predicted molar refractivity (Wildman–Crippen MR) is 217 cm³/mol. The van der Waals surface area contributed by atoms with Gasteiger partial charge in [0.05, 0.1) is 6.61 Å². The standard InChI is InChI=1S/C45H83NO4/c1-6-9-12-14-15-16-17-18-19-20-21-22-23-24-26-30-36-43(50-44(47)38-33-39-46(4)5)37-31-27-28-32-40-49-45(48)41-42(34-11-8-3)35-29-25-13-10-7-2/h15-16,18-19,41,43H,6-14,17,20-40H2,1-5H3/b16-15-,19-18-,42-41+. The van der Waals surface area contributed by atoms with Gasteiger partial charge >= 0.3 is 11.9 Å². The Balaban J connectivity index is 4.32. The normalized spacial score (nSPS) is 12.8. The zero-order valence-electron chi connectivity index (χ0n) is 34.0. The molecule has 5 nitrogen and oxygen atoms in total. The SMILES string of the molecule is CCCCC/C=C\C/C=C\CCCCCCCCC(CCCCCCOC(=O)/C=C(\CCCC)CCCCCCC)OC(=O)CCCN(C)C. The molecule has 0 saturated carbocycles. The molecule has 0 spiro atoms. The van der Waals surface area contributed by atoms with Crippen molar-refractivity contribution in [3.05, 3.63) is 36.0 Å². The topological polar surface area (TPSA) is 55.8 Å². The third-order valence-corrected chi connectivity index (χ3v) is 9.45. The fraction of sp³-hybridized carbons (Fsp3) is 0.822. The van der Waals surface area contributed by atoms with Crippen LogP contribution in [0.4, 0.5) is 0 Å². The molecule has 0 heterocycles. The molecule has 0 aliphatic heterocycles. The number of rotatable bonds is 37. The third kappa shape index (κ3) is 35.9. The van der Waals surface area contributed by atoms with Crippen LogP contribution in [0.15, 0.2) is 36.0 Å². The highest BCUT2D eigenvalue weighted by molar-refractivity contribution is 5.82. The Bertz CT molecular complexity index is 846. The number of hydrogen-bond donors (Lipinski definition) is 0. The fourth-order valence-electron chi connectivity index (χ4n) is 6.24. The van der Waals surface area contributed by atoms with Gasteiger partial charge < -0.3 is 14.4 Å². The summed E-state index contributed by atoms with van der Waals surface area (Å²) in [5.41, 5.74) is 1.26. The fourth-order valence-corrected chi connectivity index (χ4v) is 6.24. The van der Waals surface area contributed by atoms with Crippen molar-refractivity contribution < 1.29 is 19.1 Å². The van der Waals surface area contributed by atoms with Crippen molar-refractivity contribution >= 4 is 11.9 Å². The molecule has 0 aromatic rings. The molecule has 0 amide bonds. The van der Waals surface area contributed by atoms with Crippen LogP contribution in [0.25, 0.3) is 0 Å². The van der Waals surface area contributed by atoms with Gasteiger partial charge in [-0.05, 0) is 117 Å². The lowest BCUT2D eigenvalue weighted by atomic mass is 10.0. The lowest BCUT2D eigenvalue weighted by Crippen LogP contribution is -2.20. The Kier molecular flexibility index (Phi) is 36.9. The van der Waals surface area contributed by atoms with Gasteiger partial charge in [0, 0.05) is 12.5 Å². The molecule has 0 bridgehead atoms. The lowest BCUT2D eigenvalue weighted by molar-refractivity contribution is -0.150. The Morgan fingerprint density at radius 1 is 0.560 bits per heavy atom. The number of carbonyl (C=O) groups is 2. The van der Waals surface area contributed by atoms with E-state index < -0.39 is 0 Å². The van der Waals surface area contributed by atoms with Gasteiger partial charge in [-0.2, -0.15) is 0 Å². The number of nitrogens with zero attached hydrogens (tertiary/aromatic N) is 1. The van der Waals surface area contributed by atoms with Crippen molar-refractivity contribution in [3.8, 4) is 0 Å². The second-order valence-corrected chi connectivity index (χ2v) is 14.8. The molecule has 0 aliphatic rings. The van der Waals surface area contributed by atoms with E-state index in [0.29, 0.717) is 13.0 Å². The average Bonchev–Trinajstić information content (AvgIpc) is 3.09. The van der Waals surface area contributed by atoms with Crippen LogP contribution in [0.3, 0.4) is 0 Å². The Labute approximate surface area is 311 Å². The molecular weight excluding hydrogens is 618 g/mol. The van der Waals surface area contributed by atoms with Crippen LogP contribution in [-0.4, -0.2) is 50.2 Å². The third-order valence-electron chi connectivity index (χ3n) is 9.45. The summed E-state index contributed by atoms with van der Waals surface area (Å²) in [6.07, 6.45) is 43.9. The molecule has 0 aromatic heterocycles. The van der Waals surface area contributed by atoms with Crippen LogP contribution in [0, 0.1) is 0 Å². The molecule has 0 rings (SSSR count). The summed E-state index contributed by atoms with van der Waals surface area (Å²) in [6, 6.07) is 0. The van der Waals surface area contributed by atoms with Crippen molar-refractivity contribution in [3.63, 3.8) is 0 Å². The first-order chi connectivity index (χ1) is 24.4. The van der Waals surface area contributed by atoms with E-state index >= 15 is 0 Å². The van der Waals surface area contributed by atoms with E-state index in [0.717, 1.165) is 90.0 Å². The maximum absolute atomic E-state index is 12.6. The molecule has 0 saturated heterocycles. The smallest absolute Gasteiger partial charge is 0.330 e. The first-order valence-corrected chi connectivity index (χ1v) is 21.4. The van der Waals surface area contributed by atoms with Crippen LogP contribution >= 0.6 is 0 Å². The molecule has 0 radical (unpaired) electrons. The predicted octanol–water partition coefficient (Wildman–Crippen LogP) is 13.4. The van der Waals surface area contributed by atoms with Gasteiger partial charge in [0.25, 0.3) is 0 Å². The molecule has 5 heteroatoms. The van der Waals surface area contributed by atoms with Gasteiger partial charge in [-0.1, -0.05) is 134 Å². The summed E-state index contributed by atoms with van der Waals surface area (Å²) >= 11 is 0. The minimum Gasteiger partial charge on any atom is -0.463 e. The number of carbonyl (C=O) groups excluding carboxylic acids is 2. The number of ether oxygens (including phenoxy) is 2. The summed E-state index contributed by atoms with van der Waals surface area (Å²) < 4.78 is 11.6. The molecule has 1 atom stereocenters. The first-order valence-electron chi connectivity index (χ1n) is 21.4. The summed E-state index contributed by atoms with van der Waals surface area (Å²) in [5.74, 6) is -0.213.